The third-order valence-corrected chi connectivity index (χ3v) is 8.90. The van der Waals surface area contributed by atoms with Crippen LogP contribution in [0.3, 0.4) is 0 Å². The fraction of sp³-hybridized carbons (Fsp3) is 1.00. The normalized spacial score (nSPS) is 16.8. The Labute approximate surface area is 449 Å². The van der Waals surface area contributed by atoms with Gasteiger partial charge in [0, 0.05) is 0 Å². The van der Waals surface area contributed by atoms with Crippen molar-refractivity contribution >= 4 is 0 Å². The molecule has 0 bridgehead atoms. The average Bonchev–Trinajstić information content (AvgIpc) is 3.29. The Balaban J connectivity index is 5.55. The molecule has 47 heteroatoms. The number of alkyl halides is 28. The van der Waals surface area contributed by atoms with Gasteiger partial charge in [-0.15, -0.1) is 0 Å². The zero-order chi connectivity index (χ0) is 66.1. The molecule has 0 spiro atoms. The molecule has 0 rings (SSSR count). The van der Waals surface area contributed by atoms with Crippen molar-refractivity contribution in [3.63, 3.8) is 0 Å². The summed E-state index contributed by atoms with van der Waals surface area (Å²) >= 11 is 0. The Morgan fingerprint density at radius 1 is 0.226 bits per heavy atom. The van der Waals surface area contributed by atoms with E-state index < -0.39 is 221 Å². The lowest BCUT2D eigenvalue weighted by Gasteiger charge is -2.37. The maximum Gasteiger partial charge on any atom is 0.433 e. The van der Waals surface area contributed by atoms with E-state index in [0.717, 1.165) is 0 Å². The predicted octanol–water partition coefficient (Wildman–Crippen LogP) is 4.53. The second-order valence-corrected chi connectivity index (χ2v) is 16.5. The van der Waals surface area contributed by atoms with Gasteiger partial charge in [0.05, 0.1) is 92.5 Å². The first-order valence-corrected chi connectivity index (χ1v) is 22.0. The predicted molar refractivity (Wildman–Crippen MR) is 204 cm³/mol. The van der Waals surface area contributed by atoms with Gasteiger partial charge in [-0.2, -0.15) is 123 Å². The van der Waals surface area contributed by atoms with Crippen molar-refractivity contribution in [2.75, 3.05) is 119 Å². The minimum absolute atomic E-state index is 0.260. The van der Waals surface area contributed by atoms with Crippen molar-refractivity contribution in [1.82, 2.24) is 0 Å². The fourth-order valence-electron chi connectivity index (χ4n) is 4.66. The zero-order valence-electron chi connectivity index (χ0n) is 41.2. The van der Waals surface area contributed by atoms with E-state index in [9.17, 15) is 148 Å². The van der Waals surface area contributed by atoms with E-state index >= 15 is 0 Å². The minimum atomic E-state index is -8.12. The van der Waals surface area contributed by atoms with Crippen LogP contribution in [-0.2, 0) is 56.8 Å². The highest BCUT2D eigenvalue weighted by Gasteiger charge is 2.83. The SMILES string of the molecule is OCCOCC(O)COCC(O)COCC(F)(F)C(F)(F)OC(F)(F)C(F)(F)C(F)(F)OC(F)(F)C(F)(F)COCC(O)COCC(F)(F)C(F)(F)OC(F)(F)C(F)(F)C(F)(F)OC(F)(F)C(F)(F)COCC(O)COCC(O)COCCO. The lowest BCUT2D eigenvalue weighted by Crippen LogP contribution is -2.63. The number of halogens is 28. The monoisotopic (exact) mass is 1330 g/mol. The summed E-state index contributed by atoms with van der Waals surface area (Å²) in [6.07, 6.45) is -70.6. The first-order chi connectivity index (χ1) is 37.6. The molecule has 0 aliphatic heterocycles. The first kappa shape index (κ1) is 81.3. The average molecular weight is 1330 g/mol. The molecule has 4 atom stereocenters. The van der Waals surface area contributed by atoms with Crippen LogP contribution in [-0.4, -0.2) is 270 Å². The van der Waals surface area contributed by atoms with Gasteiger partial charge in [0.1, 0.15) is 56.9 Å². The van der Waals surface area contributed by atoms with E-state index in [1.165, 1.54) is 0 Å². The molecule has 0 aromatic carbocycles. The molecular weight excluding hydrogens is 1280 g/mol. The van der Waals surface area contributed by atoms with Crippen molar-refractivity contribution in [3.05, 3.63) is 0 Å². The molecule has 0 saturated heterocycles. The molecule has 0 fully saturated rings. The summed E-state index contributed by atoms with van der Waals surface area (Å²) in [6.45, 7) is -25.7. The maximum absolute atomic E-state index is 14.1. The lowest BCUT2D eigenvalue weighted by molar-refractivity contribution is -0.535. The van der Waals surface area contributed by atoms with Gasteiger partial charge < -0.3 is 73.6 Å². The van der Waals surface area contributed by atoms with Crippen LogP contribution >= 0.6 is 0 Å². The molecule has 0 aromatic heterocycles. The summed E-state index contributed by atoms with van der Waals surface area (Å²) in [4.78, 5) is 0. The summed E-state index contributed by atoms with van der Waals surface area (Å²) < 4.78 is 433. The third-order valence-electron chi connectivity index (χ3n) is 8.90. The smallest absolute Gasteiger partial charge is 0.394 e. The molecule has 7 N–H and O–H groups in total. The molecule has 0 aliphatic rings. The van der Waals surface area contributed by atoms with Gasteiger partial charge in [0.25, 0.3) is 0 Å². The fourth-order valence-corrected chi connectivity index (χ4v) is 4.66. The highest BCUT2D eigenvalue weighted by molar-refractivity contribution is 4.93. The molecule has 84 heavy (non-hydrogen) atoms. The molecule has 0 heterocycles. The summed E-state index contributed by atoms with van der Waals surface area (Å²) in [5.74, 6) is -42.2. The van der Waals surface area contributed by atoms with Gasteiger partial charge in [-0.3, -0.25) is 0 Å². The molecule has 0 amide bonds. The molecule has 4 unspecified atom stereocenters. The van der Waals surface area contributed by atoms with E-state index in [0.29, 0.717) is 0 Å². The zero-order valence-corrected chi connectivity index (χ0v) is 41.2. The highest BCUT2D eigenvalue weighted by atomic mass is 19.4. The minimum Gasteiger partial charge on any atom is -0.394 e. The number of hydrogen-bond donors (Lipinski definition) is 7. The Kier molecular flexibility index (Phi) is 30.6. The second kappa shape index (κ2) is 31.6. The standard InChI is InChI=1S/C37H48F28O19/c38-24(39,15-77-11-21(70)9-75-7-19(68)5-73-3-1-66)30(50,51)81-34(58,59)28(46,47)36(62,63)83-32(54,55)26(42,43)17-79-13-23(72)14-80-18-27(44,45)33(56,57)84-37(64,65)29(48,49)35(60,61)82-31(52,53)25(40,41)16-78-12-22(71)10-76-8-20(69)6-74-4-2-67/h19-23,66-72H,1-18H2. The molecule has 0 radical (unpaired) electrons. The summed E-state index contributed by atoms with van der Waals surface area (Å²) in [5, 5.41) is 64.6. The quantitative estimate of drug-likeness (QED) is 0.0327. The van der Waals surface area contributed by atoms with Crippen molar-refractivity contribution < 1.29 is 216 Å². The van der Waals surface area contributed by atoms with Gasteiger partial charge in [-0.25, -0.2) is 18.9 Å². The Bertz CT molecular complexity index is 1750. The van der Waals surface area contributed by atoms with Gasteiger partial charge in [0.15, 0.2) is 0 Å². The van der Waals surface area contributed by atoms with Crippen LogP contribution < -0.4 is 0 Å². The number of aliphatic hydroxyl groups is 7. The Morgan fingerprint density at radius 3 is 0.548 bits per heavy atom. The molecular formula is C37H48F28O19. The second-order valence-electron chi connectivity index (χ2n) is 16.5. The van der Waals surface area contributed by atoms with Crippen molar-refractivity contribution in [3.8, 4) is 0 Å². The summed E-state index contributed by atoms with van der Waals surface area (Å²) in [7, 11) is 0. The maximum atomic E-state index is 14.1. The van der Waals surface area contributed by atoms with Crippen LogP contribution in [0.15, 0.2) is 0 Å². The third kappa shape index (κ3) is 23.7. The van der Waals surface area contributed by atoms with Crippen LogP contribution in [0.2, 0.25) is 0 Å². The number of aliphatic hydroxyl groups excluding tert-OH is 7. The van der Waals surface area contributed by atoms with Crippen LogP contribution in [0.25, 0.3) is 0 Å². The van der Waals surface area contributed by atoms with E-state index in [2.05, 4.69) is 37.9 Å². The summed E-state index contributed by atoms with van der Waals surface area (Å²) in [5.41, 5.74) is 0. The summed E-state index contributed by atoms with van der Waals surface area (Å²) in [6, 6.07) is 0. The van der Waals surface area contributed by atoms with Gasteiger partial charge in [-0.1, -0.05) is 0 Å². The number of hydrogen-bond acceptors (Lipinski definition) is 19. The molecule has 0 saturated carbocycles. The Morgan fingerprint density at radius 2 is 0.381 bits per heavy atom. The van der Waals surface area contributed by atoms with Crippen LogP contribution in [0.1, 0.15) is 0 Å². The van der Waals surface area contributed by atoms with Crippen LogP contribution in [0.4, 0.5) is 123 Å². The Hall–Kier alpha value is -2.72. The van der Waals surface area contributed by atoms with Gasteiger partial charge in [0.2, 0.25) is 0 Å². The van der Waals surface area contributed by atoms with E-state index in [-0.39, 0.29) is 13.2 Å². The molecule has 19 nitrogen and oxygen atoms in total. The van der Waals surface area contributed by atoms with E-state index in [1.807, 2.05) is 0 Å². The highest BCUT2D eigenvalue weighted by Crippen LogP contribution is 2.56. The van der Waals surface area contributed by atoms with E-state index in [1.54, 1.807) is 18.9 Å². The van der Waals surface area contributed by atoms with Crippen molar-refractivity contribution in [2.24, 2.45) is 0 Å². The van der Waals surface area contributed by atoms with Crippen LogP contribution in [0.5, 0.6) is 0 Å². The topological polar surface area (TPSA) is 252 Å². The lowest BCUT2D eigenvalue weighted by atomic mass is 10.2. The van der Waals surface area contributed by atoms with Crippen LogP contribution in [0, 0.1) is 0 Å². The molecule has 0 aliphatic carbocycles. The van der Waals surface area contributed by atoms with Gasteiger partial charge >= 0.3 is 84.4 Å². The largest absolute Gasteiger partial charge is 0.433 e. The van der Waals surface area contributed by atoms with Gasteiger partial charge in [-0.05, 0) is 0 Å². The van der Waals surface area contributed by atoms with Crippen molar-refractivity contribution in [2.45, 2.75) is 115 Å². The van der Waals surface area contributed by atoms with E-state index in [4.69, 9.17) is 10.2 Å². The number of rotatable bonds is 48. The number of ether oxygens (including phenoxy) is 12. The van der Waals surface area contributed by atoms with Crippen molar-refractivity contribution in [1.29, 1.82) is 0 Å². The molecule has 0 aromatic rings. The molecule has 506 valence electrons. The first-order valence-electron chi connectivity index (χ1n) is 22.0.